The van der Waals surface area contributed by atoms with Gasteiger partial charge in [-0.2, -0.15) is 0 Å². The van der Waals surface area contributed by atoms with Crippen LogP contribution in [0.5, 0.6) is 0 Å². The fraction of sp³-hybridized carbons (Fsp3) is 0.778. The third-order valence-electron chi connectivity index (χ3n) is 1.97. The molecule has 14 heavy (non-hydrogen) atoms. The number of carbonyl (C=O) groups excluding carboxylic acids is 1. The summed E-state index contributed by atoms with van der Waals surface area (Å²) in [6.07, 6.45) is 0. The van der Waals surface area contributed by atoms with Crippen LogP contribution in [0.4, 0.5) is 0 Å². The summed E-state index contributed by atoms with van der Waals surface area (Å²) in [5, 5.41) is 11.9. The molecule has 1 N–H and O–H groups in total. The standard InChI is InChI=1S/C9H18N2O3/c1-7(12)11(10(4)5)6-9(2,3)8(13)14/h6H2,1-5H3,(H,13,14). The Morgan fingerprint density at radius 3 is 1.93 bits per heavy atom. The van der Waals surface area contributed by atoms with E-state index in [1.54, 1.807) is 33.0 Å². The van der Waals surface area contributed by atoms with Gasteiger partial charge in [0.1, 0.15) is 0 Å². The molecule has 0 atom stereocenters. The number of hydrogen-bond acceptors (Lipinski definition) is 3. The van der Waals surface area contributed by atoms with Gasteiger partial charge in [-0.3, -0.25) is 14.6 Å². The average Bonchev–Trinajstić information content (AvgIpc) is 1.98. The minimum atomic E-state index is -0.935. The van der Waals surface area contributed by atoms with Crippen molar-refractivity contribution in [3.63, 3.8) is 0 Å². The monoisotopic (exact) mass is 202 g/mol. The van der Waals surface area contributed by atoms with Gasteiger partial charge in [0, 0.05) is 21.0 Å². The van der Waals surface area contributed by atoms with Gasteiger partial charge in [-0.15, -0.1) is 0 Å². The minimum absolute atomic E-state index is 0.163. The van der Waals surface area contributed by atoms with Crippen molar-refractivity contribution in [1.29, 1.82) is 0 Å². The van der Waals surface area contributed by atoms with Crippen LogP contribution in [0.3, 0.4) is 0 Å². The lowest BCUT2D eigenvalue weighted by molar-refractivity contribution is -0.156. The van der Waals surface area contributed by atoms with Crippen molar-refractivity contribution < 1.29 is 14.7 Å². The molecule has 5 heteroatoms. The van der Waals surface area contributed by atoms with Crippen LogP contribution in [0, 0.1) is 5.41 Å². The first-order valence-electron chi connectivity index (χ1n) is 4.37. The van der Waals surface area contributed by atoms with E-state index in [2.05, 4.69) is 0 Å². The van der Waals surface area contributed by atoms with Crippen LogP contribution in [-0.4, -0.2) is 47.6 Å². The maximum Gasteiger partial charge on any atom is 0.310 e. The summed E-state index contributed by atoms with van der Waals surface area (Å²) < 4.78 is 0. The van der Waals surface area contributed by atoms with E-state index in [9.17, 15) is 9.59 Å². The topological polar surface area (TPSA) is 60.9 Å². The van der Waals surface area contributed by atoms with Crippen LogP contribution >= 0.6 is 0 Å². The van der Waals surface area contributed by atoms with Crippen LogP contribution in [0.25, 0.3) is 0 Å². The molecule has 0 heterocycles. The Kier molecular flexibility index (Phi) is 4.07. The van der Waals surface area contributed by atoms with Gasteiger partial charge in [0.05, 0.1) is 12.0 Å². The Bertz CT molecular complexity index is 236. The van der Waals surface area contributed by atoms with E-state index in [4.69, 9.17) is 5.11 Å². The highest BCUT2D eigenvalue weighted by atomic mass is 16.4. The lowest BCUT2D eigenvalue weighted by atomic mass is 9.93. The summed E-state index contributed by atoms with van der Waals surface area (Å²) in [6, 6.07) is 0. The Morgan fingerprint density at radius 2 is 1.71 bits per heavy atom. The highest BCUT2D eigenvalue weighted by Gasteiger charge is 2.31. The van der Waals surface area contributed by atoms with E-state index in [1.165, 1.54) is 11.9 Å². The molecule has 0 aromatic heterocycles. The average molecular weight is 202 g/mol. The third-order valence-corrected chi connectivity index (χ3v) is 1.97. The fourth-order valence-electron chi connectivity index (χ4n) is 0.976. The molecule has 0 aliphatic carbocycles. The predicted molar refractivity (Wildman–Crippen MR) is 52.5 cm³/mol. The molecule has 82 valence electrons. The van der Waals surface area contributed by atoms with Crippen LogP contribution in [0.15, 0.2) is 0 Å². The van der Waals surface area contributed by atoms with Crippen LogP contribution in [0.1, 0.15) is 20.8 Å². The second-order valence-electron chi connectivity index (χ2n) is 4.11. The second-order valence-corrected chi connectivity index (χ2v) is 4.11. The maximum atomic E-state index is 11.2. The number of nitrogens with zero attached hydrogens (tertiary/aromatic N) is 2. The number of rotatable bonds is 4. The first-order chi connectivity index (χ1) is 6.18. The summed E-state index contributed by atoms with van der Waals surface area (Å²) in [4.78, 5) is 22.0. The van der Waals surface area contributed by atoms with Crippen molar-refractivity contribution in [3.05, 3.63) is 0 Å². The van der Waals surface area contributed by atoms with Gasteiger partial charge < -0.3 is 5.11 Å². The smallest absolute Gasteiger partial charge is 0.310 e. The molecule has 0 bridgehead atoms. The van der Waals surface area contributed by atoms with Crippen molar-refractivity contribution >= 4 is 11.9 Å². The zero-order valence-corrected chi connectivity index (χ0v) is 9.37. The summed E-state index contributed by atoms with van der Waals surface area (Å²) in [5.41, 5.74) is -0.935. The fourth-order valence-corrected chi connectivity index (χ4v) is 0.976. The lowest BCUT2D eigenvalue weighted by Crippen LogP contribution is -2.48. The molecule has 0 saturated heterocycles. The molecule has 0 radical (unpaired) electrons. The zero-order valence-electron chi connectivity index (χ0n) is 9.37. The molecule has 0 rings (SSSR count). The Morgan fingerprint density at radius 1 is 1.29 bits per heavy atom. The van der Waals surface area contributed by atoms with Crippen molar-refractivity contribution in [3.8, 4) is 0 Å². The molecule has 0 aliphatic heterocycles. The molecule has 0 aromatic rings. The molecule has 0 spiro atoms. The molecule has 1 amide bonds. The quantitative estimate of drug-likeness (QED) is 0.671. The largest absolute Gasteiger partial charge is 0.481 e. The van der Waals surface area contributed by atoms with E-state index in [0.717, 1.165) is 0 Å². The van der Waals surface area contributed by atoms with Crippen molar-refractivity contribution in [2.24, 2.45) is 5.41 Å². The van der Waals surface area contributed by atoms with E-state index < -0.39 is 11.4 Å². The second kappa shape index (κ2) is 4.41. The molecule has 0 aliphatic rings. The zero-order chi connectivity index (χ0) is 11.5. The summed E-state index contributed by atoms with van der Waals surface area (Å²) in [7, 11) is 3.42. The molecular formula is C9H18N2O3. The molecule has 0 unspecified atom stereocenters. The number of amides is 1. The molecule has 0 aromatic carbocycles. The van der Waals surface area contributed by atoms with Crippen LogP contribution < -0.4 is 0 Å². The van der Waals surface area contributed by atoms with Gasteiger partial charge >= 0.3 is 5.97 Å². The van der Waals surface area contributed by atoms with Crippen molar-refractivity contribution in [2.75, 3.05) is 20.6 Å². The number of carbonyl (C=O) groups is 2. The van der Waals surface area contributed by atoms with Crippen LogP contribution in [-0.2, 0) is 9.59 Å². The number of hydrazine groups is 1. The van der Waals surface area contributed by atoms with E-state index in [1.807, 2.05) is 0 Å². The van der Waals surface area contributed by atoms with E-state index >= 15 is 0 Å². The summed E-state index contributed by atoms with van der Waals surface area (Å²) in [6.45, 7) is 4.77. The highest BCUT2D eigenvalue weighted by Crippen LogP contribution is 2.17. The third kappa shape index (κ3) is 3.33. The summed E-state index contributed by atoms with van der Waals surface area (Å²) in [5.74, 6) is -1.07. The molecular weight excluding hydrogens is 184 g/mol. The van der Waals surface area contributed by atoms with E-state index in [-0.39, 0.29) is 12.5 Å². The highest BCUT2D eigenvalue weighted by molar-refractivity contribution is 5.76. The molecule has 0 fully saturated rings. The van der Waals surface area contributed by atoms with Gasteiger partial charge in [0.15, 0.2) is 0 Å². The Labute approximate surface area is 84.3 Å². The lowest BCUT2D eigenvalue weighted by Gasteiger charge is -2.33. The van der Waals surface area contributed by atoms with Gasteiger partial charge in [-0.1, -0.05) is 0 Å². The number of hydrogen-bond donors (Lipinski definition) is 1. The minimum Gasteiger partial charge on any atom is -0.481 e. The SMILES string of the molecule is CC(=O)N(CC(C)(C)C(=O)O)N(C)C. The van der Waals surface area contributed by atoms with Gasteiger partial charge in [-0.05, 0) is 13.8 Å². The summed E-state index contributed by atoms with van der Waals surface area (Å²) >= 11 is 0. The predicted octanol–water partition coefficient (Wildman–Crippen LogP) is 0.422. The van der Waals surface area contributed by atoms with E-state index in [0.29, 0.717) is 0 Å². The molecule has 5 nitrogen and oxygen atoms in total. The number of aliphatic carboxylic acids is 1. The van der Waals surface area contributed by atoms with Gasteiger partial charge in [0.2, 0.25) is 5.91 Å². The number of carboxylic acids is 1. The van der Waals surface area contributed by atoms with Gasteiger partial charge in [0.25, 0.3) is 0 Å². The first-order valence-corrected chi connectivity index (χ1v) is 4.37. The van der Waals surface area contributed by atoms with Crippen molar-refractivity contribution in [1.82, 2.24) is 10.0 Å². The Balaban J connectivity index is 4.61. The number of carboxylic acid groups (broad SMARTS) is 1. The van der Waals surface area contributed by atoms with Gasteiger partial charge in [-0.25, -0.2) is 5.01 Å². The van der Waals surface area contributed by atoms with Crippen molar-refractivity contribution in [2.45, 2.75) is 20.8 Å². The van der Waals surface area contributed by atoms with Crippen LogP contribution in [0.2, 0.25) is 0 Å². The molecule has 0 saturated carbocycles. The Hall–Kier alpha value is -1.10. The first kappa shape index (κ1) is 12.9. The maximum absolute atomic E-state index is 11.2. The normalized spacial score (nSPS) is 11.6.